The van der Waals surface area contributed by atoms with Crippen LogP contribution < -0.4 is 19.1 Å². The van der Waals surface area contributed by atoms with E-state index in [-0.39, 0.29) is 17.6 Å². The van der Waals surface area contributed by atoms with Crippen LogP contribution in [0, 0.1) is 6.92 Å². The largest absolute Gasteiger partial charge is 0.495 e. The van der Waals surface area contributed by atoms with Crippen molar-refractivity contribution in [3.8, 4) is 11.5 Å². The van der Waals surface area contributed by atoms with E-state index in [0.717, 1.165) is 40.3 Å². The topological polar surface area (TPSA) is 84.9 Å². The number of hydrogen-bond donors (Lipinski definition) is 1. The molecule has 8 heteroatoms. The van der Waals surface area contributed by atoms with Crippen LogP contribution in [0.3, 0.4) is 0 Å². The highest BCUT2D eigenvalue weighted by molar-refractivity contribution is 7.92. The zero-order chi connectivity index (χ0) is 24.4. The van der Waals surface area contributed by atoms with Crippen LogP contribution in [-0.2, 0) is 14.8 Å². The minimum absolute atomic E-state index is 0.286. The highest BCUT2D eigenvalue weighted by Crippen LogP contribution is 2.43. The van der Waals surface area contributed by atoms with Crippen LogP contribution in [-0.4, -0.2) is 39.3 Å². The van der Waals surface area contributed by atoms with E-state index in [2.05, 4.69) is 19.2 Å². The van der Waals surface area contributed by atoms with Gasteiger partial charge in [-0.15, -0.1) is 0 Å². The number of ether oxygens (including phenoxy) is 2. The number of carbonyl (C=O) groups is 1. The molecule has 2 aromatic rings. The van der Waals surface area contributed by atoms with Crippen molar-refractivity contribution in [1.82, 2.24) is 5.32 Å². The van der Waals surface area contributed by atoms with Gasteiger partial charge < -0.3 is 14.8 Å². The Labute approximate surface area is 197 Å². The van der Waals surface area contributed by atoms with Crippen LogP contribution in [0.4, 0.5) is 5.69 Å². The fourth-order valence-corrected chi connectivity index (χ4v) is 5.65. The first-order chi connectivity index (χ1) is 15.5. The van der Waals surface area contributed by atoms with Crippen LogP contribution in [0.15, 0.2) is 42.5 Å². The molecule has 0 spiro atoms. The highest BCUT2D eigenvalue weighted by atomic mass is 32.2. The van der Waals surface area contributed by atoms with Gasteiger partial charge in [-0.1, -0.05) is 38.1 Å². The number of aryl methyl sites for hydroxylation is 1. The maximum atomic E-state index is 13.5. The summed E-state index contributed by atoms with van der Waals surface area (Å²) in [6, 6.07) is 11.7. The number of benzene rings is 2. The molecule has 3 rings (SSSR count). The Kier molecular flexibility index (Phi) is 7.26. The number of nitrogens with zero attached hydrogens (tertiary/aromatic N) is 1. The molecule has 0 aliphatic carbocycles. The molecule has 0 fully saturated rings. The summed E-state index contributed by atoms with van der Waals surface area (Å²) in [5.41, 5.74) is 1.72. The first-order valence-corrected chi connectivity index (χ1v) is 13.1. The van der Waals surface area contributed by atoms with Crippen molar-refractivity contribution in [2.75, 3.05) is 17.7 Å². The van der Waals surface area contributed by atoms with E-state index < -0.39 is 16.1 Å². The van der Waals surface area contributed by atoms with Crippen molar-refractivity contribution >= 4 is 21.6 Å². The molecule has 180 valence electrons. The minimum Gasteiger partial charge on any atom is -0.495 e. The summed E-state index contributed by atoms with van der Waals surface area (Å²) >= 11 is 0. The van der Waals surface area contributed by atoms with Gasteiger partial charge in [0.25, 0.3) is 0 Å². The molecule has 0 radical (unpaired) electrons. The van der Waals surface area contributed by atoms with E-state index in [9.17, 15) is 13.2 Å². The van der Waals surface area contributed by atoms with Gasteiger partial charge in [-0.2, -0.15) is 0 Å². The van der Waals surface area contributed by atoms with E-state index in [0.29, 0.717) is 17.9 Å². The number of anilines is 1. The molecule has 0 unspecified atom stereocenters. The summed E-state index contributed by atoms with van der Waals surface area (Å²) in [5.74, 6) is 0.760. The normalized spacial score (nSPS) is 17.9. The maximum absolute atomic E-state index is 13.5. The molecule has 0 aromatic heterocycles. The van der Waals surface area contributed by atoms with Gasteiger partial charge in [0.15, 0.2) is 0 Å². The van der Waals surface area contributed by atoms with Crippen molar-refractivity contribution in [2.45, 2.75) is 64.6 Å². The fraction of sp³-hybridized carbons (Fsp3) is 0.480. The Bertz CT molecular complexity index is 1110. The number of nitrogens with one attached hydrogen (secondary N) is 1. The van der Waals surface area contributed by atoms with E-state index in [1.54, 1.807) is 19.1 Å². The number of para-hydroxylation sites is 1. The SMILES string of the molecule is CCC1(CC)C[C@@H](NC(=O)[C@@H](C)N(c2cc(C)ccc2OC)S(C)(=O)=O)c2ccccc2O1. The van der Waals surface area contributed by atoms with E-state index >= 15 is 0 Å². The second kappa shape index (κ2) is 9.63. The van der Waals surface area contributed by atoms with Crippen molar-refractivity contribution in [2.24, 2.45) is 0 Å². The first-order valence-electron chi connectivity index (χ1n) is 11.3. The minimum atomic E-state index is -3.78. The number of methoxy groups -OCH3 is 1. The van der Waals surface area contributed by atoms with Gasteiger partial charge in [0.2, 0.25) is 15.9 Å². The monoisotopic (exact) mass is 474 g/mol. The average molecular weight is 475 g/mol. The van der Waals surface area contributed by atoms with Gasteiger partial charge in [0, 0.05) is 12.0 Å². The summed E-state index contributed by atoms with van der Waals surface area (Å²) in [5, 5.41) is 3.11. The highest BCUT2D eigenvalue weighted by Gasteiger charge is 2.40. The third kappa shape index (κ3) is 5.11. The number of fused-ring (bicyclic) bond motifs is 1. The third-order valence-electron chi connectivity index (χ3n) is 6.46. The zero-order valence-electron chi connectivity index (χ0n) is 20.2. The molecule has 7 nitrogen and oxygen atoms in total. The van der Waals surface area contributed by atoms with Crippen LogP contribution in [0.1, 0.15) is 57.2 Å². The molecular formula is C25H34N2O5S. The van der Waals surface area contributed by atoms with E-state index in [1.165, 1.54) is 7.11 Å². The lowest BCUT2D eigenvalue weighted by atomic mass is 9.83. The molecule has 2 atom stereocenters. The Hall–Kier alpha value is -2.74. The van der Waals surface area contributed by atoms with Crippen LogP contribution in [0.25, 0.3) is 0 Å². The second-order valence-corrected chi connectivity index (χ2v) is 10.6. The number of hydrogen-bond acceptors (Lipinski definition) is 5. The smallest absolute Gasteiger partial charge is 0.244 e. The van der Waals surface area contributed by atoms with Crippen molar-refractivity contribution < 1.29 is 22.7 Å². The lowest BCUT2D eigenvalue weighted by molar-refractivity contribution is -0.123. The lowest BCUT2D eigenvalue weighted by Crippen LogP contribution is -2.51. The molecule has 1 aliphatic rings. The molecule has 1 heterocycles. The number of rotatable bonds is 8. The molecule has 1 N–H and O–H groups in total. The molecule has 33 heavy (non-hydrogen) atoms. The zero-order valence-corrected chi connectivity index (χ0v) is 21.0. The lowest BCUT2D eigenvalue weighted by Gasteiger charge is -2.42. The second-order valence-electron chi connectivity index (χ2n) is 8.71. The fourth-order valence-electron chi connectivity index (χ4n) is 4.48. The number of sulfonamides is 1. The van der Waals surface area contributed by atoms with Crippen molar-refractivity contribution in [3.63, 3.8) is 0 Å². The quantitative estimate of drug-likeness (QED) is 0.615. The summed E-state index contributed by atoms with van der Waals surface area (Å²) in [4.78, 5) is 13.5. The van der Waals surface area contributed by atoms with Crippen molar-refractivity contribution in [1.29, 1.82) is 0 Å². The van der Waals surface area contributed by atoms with Crippen LogP contribution >= 0.6 is 0 Å². The van der Waals surface area contributed by atoms with E-state index in [4.69, 9.17) is 9.47 Å². The van der Waals surface area contributed by atoms with Gasteiger partial charge >= 0.3 is 0 Å². The van der Waals surface area contributed by atoms with Gasteiger partial charge in [-0.05, 0) is 50.5 Å². The average Bonchev–Trinajstić information content (AvgIpc) is 2.78. The van der Waals surface area contributed by atoms with Gasteiger partial charge in [0.05, 0.1) is 25.1 Å². The van der Waals surface area contributed by atoms with Crippen LogP contribution in [0.5, 0.6) is 11.5 Å². The third-order valence-corrected chi connectivity index (χ3v) is 7.69. The first kappa shape index (κ1) is 24.9. The maximum Gasteiger partial charge on any atom is 0.244 e. The Morgan fingerprint density at radius 1 is 1.24 bits per heavy atom. The predicted octanol–water partition coefficient (Wildman–Crippen LogP) is 4.36. The summed E-state index contributed by atoms with van der Waals surface area (Å²) in [7, 11) is -2.30. The van der Waals surface area contributed by atoms with Crippen molar-refractivity contribution in [3.05, 3.63) is 53.6 Å². The predicted molar refractivity (Wildman–Crippen MR) is 130 cm³/mol. The van der Waals surface area contributed by atoms with Crippen LogP contribution in [0.2, 0.25) is 0 Å². The number of amides is 1. The Morgan fingerprint density at radius 3 is 2.52 bits per heavy atom. The summed E-state index contributed by atoms with van der Waals surface area (Å²) in [6.45, 7) is 7.61. The molecule has 0 saturated carbocycles. The Morgan fingerprint density at radius 2 is 1.91 bits per heavy atom. The molecule has 2 aromatic carbocycles. The van der Waals surface area contributed by atoms with Gasteiger partial charge in [0.1, 0.15) is 23.1 Å². The molecular weight excluding hydrogens is 440 g/mol. The van der Waals surface area contributed by atoms with Gasteiger partial charge in [-0.3, -0.25) is 9.10 Å². The Balaban J connectivity index is 1.96. The summed E-state index contributed by atoms with van der Waals surface area (Å²) in [6.07, 6.45) is 3.31. The van der Waals surface area contributed by atoms with Gasteiger partial charge in [-0.25, -0.2) is 8.42 Å². The number of carbonyl (C=O) groups excluding carboxylic acids is 1. The molecule has 1 amide bonds. The molecule has 0 saturated heterocycles. The summed E-state index contributed by atoms with van der Waals surface area (Å²) < 4.78 is 38.5. The molecule has 1 aliphatic heterocycles. The van der Waals surface area contributed by atoms with E-state index in [1.807, 2.05) is 37.3 Å². The molecule has 0 bridgehead atoms. The standard InChI is InChI=1S/C25H34N2O5S/c1-7-25(8-2)16-20(19-11-9-10-12-22(19)32-25)26-24(28)18(4)27(33(6,29)30)21-15-17(3)13-14-23(21)31-5/h9-15,18,20H,7-8,16H2,1-6H3,(H,26,28)/t18-,20-/m1/s1.